The van der Waals surface area contributed by atoms with Crippen LogP contribution in [0.1, 0.15) is 36.9 Å². The summed E-state index contributed by atoms with van der Waals surface area (Å²) < 4.78 is 296. The number of benzene rings is 5. The van der Waals surface area contributed by atoms with Crippen molar-refractivity contribution in [1.82, 2.24) is 4.98 Å². The first-order valence-electron chi connectivity index (χ1n) is 17.9. The first kappa shape index (κ1) is 47.1. The lowest BCUT2D eigenvalue weighted by molar-refractivity contribution is -0.689. The molecule has 0 aliphatic heterocycles. The Labute approximate surface area is 345 Å². The topological polar surface area (TPSA) is 16.8 Å². The van der Waals surface area contributed by atoms with E-state index in [1.165, 1.54) is 36.8 Å². The molecule has 5 aromatic carbocycles. The maximum Gasteiger partial charge on any atom is 0.200 e. The Morgan fingerprint density at radius 3 is 1.06 bits per heavy atom. The van der Waals surface area contributed by atoms with Crippen molar-refractivity contribution in [2.24, 2.45) is 0 Å². The van der Waals surface area contributed by atoms with Gasteiger partial charge in [0.25, 0.3) is 0 Å². The lowest BCUT2D eigenvalue weighted by Crippen LogP contribution is -2.81. The van der Waals surface area contributed by atoms with Crippen LogP contribution in [-0.2, 0) is 6.54 Å². The molecule has 0 N–H and O–H groups in total. The van der Waals surface area contributed by atoms with Crippen LogP contribution in [0, 0.1) is 116 Å². The largest absolute Gasteiger partial charge is 0.244 e. The average molecular weight is 930 g/mol. The first-order valence-corrected chi connectivity index (χ1v) is 17.9. The Morgan fingerprint density at radius 2 is 0.750 bits per heavy atom. The summed E-state index contributed by atoms with van der Waals surface area (Å²) in [4.78, 5) is 4.52. The molecular formula is C41H19BF20N2. The first-order chi connectivity index (χ1) is 30.1. The summed E-state index contributed by atoms with van der Waals surface area (Å²) in [7, 11) is 0. The number of halogens is 20. The predicted octanol–water partition coefficient (Wildman–Crippen LogP) is 9.22. The van der Waals surface area contributed by atoms with Gasteiger partial charge in [-0.15, -0.1) is 21.9 Å². The third-order valence-corrected chi connectivity index (χ3v) is 10.3. The van der Waals surface area contributed by atoms with Crippen molar-refractivity contribution in [3.05, 3.63) is 183 Å². The minimum Gasteiger partial charge on any atom is -0.244 e. The van der Waals surface area contributed by atoms with E-state index in [9.17, 15) is 52.7 Å². The molecule has 0 atom stereocenters. The van der Waals surface area contributed by atoms with Gasteiger partial charge in [-0.2, -0.15) is 4.57 Å². The van der Waals surface area contributed by atoms with E-state index in [1.54, 1.807) is 0 Å². The monoisotopic (exact) mass is 930 g/mol. The van der Waals surface area contributed by atoms with E-state index in [4.69, 9.17) is 0 Å². The van der Waals surface area contributed by atoms with Gasteiger partial charge in [0.2, 0.25) is 0 Å². The van der Waals surface area contributed by atoms with Crippen molar-refractivity contribution in [2.45, 2.75) is 32.2 Å². The summed E-state index contributed by atoms with van der Waals surface area (Å²) in [5, 5.41) is 0. The molecule has 23 heteroatoms. The minimum absolute atomic E-state index is 0.906. The summed E-state index contributed by atoms with van der Waals surface area (Å²) in [6.07, 6.45) is 6.23. The molecule has 7 rings (SSSR count). The number of aromatic nitrogens is 2. The van der Waals surface area contributed by atoms with Gasteiger partial charge in [-0.05, 0) is 31.3 Å². The maximum absolute atomic E-state index is 15.4. The highest BCUT2D eigenvalue weighted by Crippen LogP contribution is 2.31. The molecule has 336 valence electrons. The Bertz CT molecular complexity index is 2490. The van der Waals surface area contributed by atoms with Crippen LogP contribution in [0.15, 0.2) is 55.0 Å². The van der Waals surface area contributed by atoms with E-state index in [1.807, 2.05) is 12.4 Å². The predicted molar refractivity (Wildman–Crippen MR) is 186 cm³/mol. The molecule has 0 spiro atoms. The maximum atomic E-state index is 15.4. The van der Waals surface area contributed by atoms with Crippen molar-refractivity contribution in [2.75, 3.05) is 0 Å². The smallest absolute Gasteiger partial charge is 0.200 e. The van der Waals surface area contributed by atoms with E-state index in [0.29, 0.717) is 0 Å². The van der Waals surface area contributed by atoms with Gasteiger partial charge in [0.1, 0.15) is 58.4 Å². The molecule has 0 radical (unpaired) electrons. The molecule has 1 aliphatic carbocycles. The second-order valence-electron chi connectivity index (χ2n) is 13.9. The summed E-state index contributed by atoms with van der Waals surface area (Å²) in [5.41, 5.74) is -10.5. The van der Waals surface area contributed by atoms with Crippen LogP contribution in [0.25, 0.3) is 5.57 Å². The van der Waals surface area contributed by atoms with Crippen LogP contribution in [0.4, 0.5) is 87.8 Å². The van der Waals surface area contributed by atoms with Crippen molar-refractivity contribution < 1.29 is 92.4 Å². The van der Waals surface area contributed by atoms with Gasteiger partial charge in [-0.3, -0.25) is 0 Å². The van der Waals surface area contributed by atoms with Crippen LogP contribution >= 0.6 is 0 Å². The summed E-state index contributed by atoms with van der Waals surface area (Å²) in [6.45, 7) is 0.906. The number of nitrogens with zero attached hydrogens (tertiary/aromatic N) is 2. The molecular weight excluding hydrogens is 911 g/mol. The molecule has 0 bridgehead atoms. The number of hydrogen-bond acceptors (Lipinski definition) is 1. The minimum atomic E-state index is -7.22. The van der Waals surface area contributed by atoms with E-state index in [2.05, 4.69) is 52.2 Å². The normalized spacial score (nSPS) is 12.9. The van der Waals surface area contributed by atoms with Crippen LogP contribution < -0.4 is 26.4 Å². The molecule has 0 fully saturated rings. The van der Waals surface area contributed by atoms with E-state index in [-0.39, 0.29) is 0 Å². The lowest BCUT2D eigenvalue weighted by Gasteiger charge is -2.44. The standard InChI is InChI=1S/C24BF20.C17H19N2/c26-5-1(6(27)14(35)21(42)13(5)34)25(2-7(28)15(36)22(43)16(37)8(2)29,3-9(30)17(38)23(44)18(39)10(3)31)4-11(32)19(40)24(45)20(41)12(4)33;1-3-7-15(8-4-1)13-19-12-11-18-17(14-19)16-9-5-2-6-10-16/h;1,3-4,7-9,11-12,14H,2,5-6,10,13H2/q-1;+1. The van der Waals surface area contributed by atoms with Gasteiger partial charge >= 0.3 is 0 Å². The highest BCUT2D eigenvalue weighted by atomic mass is 19.2. The van der Waals surface area contributed by atoms with Gasteiger partial charge in [-0.25, -0.2) is 92.8 Å². The van der Waals surface area contributed by atoms with Crippen LogP contribution in [0.2, 0.25) is 0 Å². The Hall–Kier alpha value is -6.42. The molecule has 1 aromatic heterocycles. The Kier molecular flexibility index (Phi) is 13.2. The van der Waals surface area contributed by atoms with Crippen molar-refractivity contribution in [3.63, 3.8) is 0 Å². The molecule has 1 aliphatic rings. The highest BCUT2D eigenvalue weighted by molar-refractivity contribution is 7.20. The molecule has 2 nitrogen and oxygen atoms in total. The highest BCUT2D eigenvalue weighted by Gasteiger charge is 2.52. The third kappa shape index (κ3) is 7.60. The van der Waals surface area contributed by atoms with Gasteiger partial charge in [0, 0.05) is 5.56 Å². The third-order valence-electron chi connectivity index (χ3n) is 10.3. The number of rotatable bonds is 7. The van der Waals surface area contributed by atoms with Gasteiger partial charge in [0.05, 0.1) is 6.20 Å². The fourth-order valence-corrected chi connectivity index (χ4v) is 7.44. The summed E-state index contributed by atoms with van der Waals surface area (Å²) >= 11 is 0. The van der Waals surface area contributed by atoms with E-state index < -0.39 is 144 Å². The second-order valence-corrected chi connectivity index (χ2v) is 13.9. The molecule has 1 heterocycles. The molecule has 64 heavy (non-hydrogen) atoms. The Balaban J connectivity index is 0.000000295. The van der Waals surface area contributed by atoms with Crippen molar-refractivity contribution >= 4 is 33.6 Å². The number of allylic oxidation sites excluding steroid dienone is 2. The molecule has 0 saturated heterocycles. The molecule has 0 saturated carbocycles. The van der Waals surface area contributed by atoms with Crippen molar-refractivity contribution in [3.8, 4) is 0 Å². The summed E-state index contributed by atoms with van der Waals surface area (Å²) in [5.74, 6) is -71.4. The zero-order valence-corrected chi connectivity index (χ0v) is 31.3. The van der Waals surface area contributed by atoms with Gasteiger partial charge < -0.3 is 0 Å². The van der Waals surface area contributed by atoms with E-state index >= 15 is 35.1 Å². The molecule has 0 amide bonds. The van der Waals surface area contributed by atoms with E-state index in [0.717, 1.165) is 12.2 Å². The lowest BCUT2D eigenvalue weighted by atomic mass is 9.12. The fourth-order valence-electron chi connectivity index (χ4n) is 7.44. The molecule has 0 unspecified atom stereocenters. The fraction of sp³-hybridized carbons (Fsp3) is 0.122. The van der Waals surface area contributed by atoms with Crippen LogP contribution in [0.3, 0.4) is 0 Å². The molecule has 6 aromatic rings. The van der Waals surface area contributed by atoms with Crippen LogP contribution in [0.5, 0.6) is 0 Å². The average Bonchev–Trinajstić information content (AvgIpc) is 3.29. The summed E-state index contributed by atoms with van der Waals surface area (Å²) in [6, 6.07) is 10.5. The van der Waals surface area contributed by atoms with Gasteiger partial charge in [0.15, 0.2) is 88.7 Å². The quantitative estimate of drug-likeness (QED) is 0.0514. The number of hydrogen-bond donors (Lipinski definition) is 0. The van der Waals surface area contributed by atoms with Gasteiger partial charge in [-0.1, -0.05) is 36.4 Å². The zero-order chi connectivity index (χ0) is 47.3. The van der Waals surface area contributed by atoms with Crippen LogP contribution in [-0.4, -0.2) is 11.1 Å². The second kappa shape index (κ2) is 18.0. The van der Waals surface area contributed by atoms with Crippen molar-refractivity contribution in [1.29, 1.82) is 0 Å². The SMILES string of the molecule is C1=C(c2c[n+](Cc3ccccc3)ccn2)CCCC1.Fc1c(F)c(F)c([B-](c2c(F)c(F)c(F)c(F)c2F)(c2c(F)c(F)c(F)c(F)c2F)c2c(F)c(F)c(F)c(F)c2F)c(F)c1F. The Morgan fingerprint density at radius 1 is 0.422 bits per heavy atom. The zero-order valence-electron chi connectivity index (χ0n) is 31.3.